The third kappa shape index (κ3) is 3.35. The lowest BCUT2D eigenvalue weighted by molar-refractivity contribution is -0.141. The molecule has 0 N–H and O–H groups in total. The van der Waals surface area contributed by atoms with Crippen molar-refractivity contribution in [2.45, 2.75) is 45.2 Å². The van der Waals surface area contributed by atoms with Gasteiger partial charge in [-0.05, 0) is 43.7 Å². The van der Waals surface area contributed by atoms with Crippen molar-refractivity contribution in [1.29, 1.82) is 0 Å². The van der Waals surface area contributed by atoms with E-state index >= 15 is 0 Å². The zero-order valence-corrected chi connectivity index (χ0v) is 13.2. The summed E-state index contributed by atoms with van der Waals surface area (Å²) < 4.78 is 38.0. The first kappa shape index (κ1) is 16.3. The monoisotopic (exact) mass is 326 g/mol. The van der Waals surface area contributed by atoms with Crippen molar-refractivity contribution in [1.82, 2.24) is 9.88 Å². The number of carbonyl (C=O) groups excluding carboxylic acids is 1. The molecular formula is C17H21F3N2O. The summed E-state index contributed by atoms with van der Waals surface area (Å²) in [5, 5.41) is 0. The van der Waals surface area contributed by atoms with Crippen LogP contribution in [0.2, 0.25) is 0 Å². The maximum atomic E-state index is 12.7. The molecule has 0 unspecified atom stereocenters. The Bertz CT molecular complexity index is 600. The second kappa shape index (κ2) is 6.13. The minimum atomic E-state index is -4.48. The second-order valence-electron chi connectivity index (χ2n) is 6.67. The molecule has 1 aromatic rings. The van der Waals surface area contributed by atoms with Crippen molar-refractivity contribution in [2.75, 3.05) is 13.1 Å². The highest BCUT2D eigenvalue weighted by molar-refractivity contribution is 5.95. The van der Waals surface area contributed by atoms with Gasteiger partial charge in [-0.3, -0.25) is 4.79 Å². The minimum absolute atomic E-state index is 0.149. The molecule has 0 bridgehead atoms. The number of carbonyl (C=O) groups is 1. The van der Waals surface area contributed by atoms with Crippen molar-refractivity contribution in [3.8, 4) is 0 Å². The van der Waals surface area contributed by atoms with Gasteiger partial charge in [0.25, 0.3) is 5.91 Å². The maximum Gasteiger partial charge on any atom is 0.433 e. The maximum absolute atomic E-state index is 12.7. The number of aryl methyl sites for hydroxylation is 1. The Hall–Kier alpha value is -1.59. The molecule has 3 nitrogen and oxygen atoms in total. The molecule has 1 saturated heterocycles. The number of hydrogen-bond donors (Lipinski definition) is 0. The average molecular weight is 326 g/mol. The van der Waals surface area contributed by atoms with Crippen LogP contribution in [-0.2, 0) is 6.18 Å². The average Bonchev–Trinajstić information content (AvgIpc) is 2.53. The lowest BCUT2D eigenvalue weighted by atomic mass is 9.75. The fraction of sp³-hybridized carbons (Fsp3) is 0.647. The van der Waals surface area contributed by atoms with E-state index in [1.807, 2.05) is 0 Å². The van der Waals surface area contributed by atoms with Crippen LogP contribution in [0.15, 0.2) is 12.1 Å². The number of pyridine rings is 1. The molecule has 2 aliphatic rings. The van der Waals surface area contributed by atoms with E-state index in [4.69, 9.17) is 0 Å². The van der Waals surface area contributed by atoms with Gasteiger partial charge in [0.05, 0.1) is 11.3 Å². The lowest BCUT2D eigenvalue weighted by Crippen LogP contribution is -2.45. The van der Waals surface area contributed by atoms with Gasteiger partial charge in [0.15, 0.2) is 0 Å². The number of halogens is 3. The van der Waals surface area contributed by atoms with Gasteiger partial charge in [-0.1, -0.05) is 19.3 Å². The number of fused-ring (bicyclic) bond motifs is 1. The topological polar surface area (TPSA) is 33.2 Å². The molecule has 2 atom stereocenters. The zero-order chi connectivity index (χ0) is 16.6. The van der Waals surface area contributed by atoms with Crippen LogP contribution in [0.5, 0.6) is 0 Å². The molecule has 6 heteroatoms. The first-order valence-corrected chi connectivity index (χ1v) is 8.20. The van der Waals surface area contributed by atoms with Crippen molar-refractivity contribution < 1.29 is 18.0 Å². The van der Waals surface area contributed by atoms with Crippen molar-refractivity contribution in [2.24, 2.45) is 11.8 Å². The standard InChI is InChI=1S/C17H21F3N2O/c1-11-14(6-7-15(21-11)17(18,19)20)16(23)22-9-8-12-4-2-3-5-13(12)10-22/h6-7,12-13H,2-5,8-10H2,1H3/t12-,13+/m1/s1. The van der Waals surface area contributed by atoms with Crippen molar-refractivity contribution in [3.05, 3.63) is 29.1 Å². The van der Waals surface area contributed by atoms with Gasteiger partial charge in [0.1, 0.15) is 5.69 Å². The fourth-order valence-corrected chi connectivity index (χ4v) is 3.90. The SMILES string of the molecule is Cc1nc(C(F)(F)F)ccc1C(=O)N1CC[C@H]2CCCC[C@H]2C1. The van der Waals surface area contributed by atoms with Gasteiger partial charge in [0, 0.05) is 13.1 Å². The molecule has 1 aliphatic carbocycles. The normalized spacial score (nSPS) is 25.1. The Morgan fingerprint density at radius 1 is 1.17 bits per heavy atom. The van der Waals surface area contributed by atoms with Gasteiger partial charge in [-0.15, -0.1) is 0 Å². The van der Waals surface area contributed by atoms with E-state index in [1.165, 1.54) is 32.3 Å². The van der Waals surface area contributed by atoms with Gasteiger partial charge >= 0.3 is 6.18 Å². The molecule has 0 aromatic carbocycles. The lowest BCUT2D eigenvalue weighted by Gasteiger charge is -2.41. The van der Waals surface area contributed by atoms with Gasteiger partial charge in [-0.2, -0.15) is 13.2 Å². The van der Waals surface area contributed by atoms with Crippen LogP contribution in [0.1, 0.15) is 53.8 Å². The van der Waals surface area contributed by atoms with Crippen LogP contribution in [0.3, 0.4) is 0 Å². The van der Waals surface area contributed by atoms with Crippen LogP contribution >= 0.6 is 0 Å². The molecule has 3 rings (SSSR count). The Morgan fingerprint density at radius 3 is 2.52 bits per heavy atom. The first-order valence-electron chi connectivity index (χ1n) is 8.20. The second-order valence-corrected chi connectivity index (χ2v) is 6.67. The molecule has 126 valence electrons. The molecule has 1 aliphatic heterocycles. The van der Waals surface area contributed by atoms with E-state index in [1.54, 1.807) is 4.90 Å². The summed E-state index contributed by atoms with van der Waals surface area (Å²) in [5.74, 6) is 1.07. The molecule has 1 aromatic heterocycles. The molecule has 1 saturated carbocycles. The van der Waals surface area contributed by atoms with E-state index in [2.05, 4.69) is 4.98 Å². The fourth-order valence-electron chi connectivity index (χ4n) is 3.90. The van der Waals surface area contributed by atoms with E-state index in [0.717, 1.165) is 25.5 Å². The van der Waals surface area contributed by atoms with Crippen LogP contribution < -0.4 is 0 Å². The smallest absolute Gasteiger partial charge is 0.338 e. The third-order valence-electron chi connectivity index (χ3n) is 5.19. The molecule has 0 radical (unpaired) electrons. The zero-order valence-electron chi connectivity index (χ0n) is 13.2. The summed E-state index contributed by atoms with van der Waals surface area (Å²) >= 11 is 0. The predicted octanol–water partition coefficient (Wildman–Crippen LogP) is 4.06. The van der Waals surface area contributed by atoms with E-state index in [0.29, 0.717) is 18.4 Å². The minimum Gasteiger partial charge on any atom is -0.338 e. The third-order valence-corrected chi connectivity index (χ3v) is 5.19. The summed E-state index contributed by atoms with van der Waals surface area (Å²) in [7, 11) is 0. The Balaban J connectivity index is 1.75. The highest BCUT2D eigenvalue weighted by Gasteiger charge is 2.35. The van der Waals surface area contributed by atoms with Gasteiger partial charge in [0.2, 0.25) is 0 Å². The summed E-state index contributed by atoms with van der Waals surface area (Å²) in [6, 6.07) is 2.16. The van der Waals surface area contributed by atoms with E-state index in [-0.39, 0.29) is 17.2 Å². The largest absolute Gasteiger partial charge is 0.433 e. The molecule has 0 spiro atoms. The molecule has 1 amide bonds. The summed E-state index contributed by atoms with van der Waals surface area (Å²) in [6.45, 7) is 2.89. The predicted molar refractivity (Wildman–Crippen MR) is 79.9 cm³/mol. The van der Waals surface area contributed by atoms with Crippen LogP contribution in [0.4, 0.5) is 13.2 Å². The van der Waals surface area contributed by atoms with Crippen molar-refractivity contribution >= 4 is 5.91 Å². The number of amides is 1. The highest BCUT2D eigenvalue weighted by Crippen LogP contribution is 2.36. The van der Waals surface area contributed by atoms with Gasteiger partial charge < -0.3 is 4.90 Å². The van der Waals surface area contributed by atoms with E-state index in [9.17, 15) is 18.0 Å². The van der Waals surface area contributed by atoms with E-state index < -0.39 is 11.9 Å². The number of likely N-dealkylation sites (tertiary alicyclic amines) is 1. The molecule has 2 fully saturated rings. The molecule has 2 heterocycles. The number of aromatic nitrogens is 1. The quantitative estimate of drug-likeness (QED) is 0.780. The summed E-state index contributed by atoms with van der Waals surface area (Å²) in [4.78, 5) is 18.0. The molecular weight excluding hydrogens is 305 g/mol. The Morgan fingerprint density at radius 2 is 1.87 bits per heavy atom. The Kier molecular flexibility index (Phi) is 4.34. The summed E-state index contributed by atoms with van der Waals surface area (Å²) in [5.41, 5.74) is -0.514. The number of nitrogens with zero attached hydrogens (tertiary/aromatic N) is 2. The number of alkyl halides is 3. The number of piperidine rings is 1. The van der Waals surface area contributed by atoms with Crippen LogP contribution in [-0.4, -0.2) is 28.9 Å². The number of hydrogen-bond acceptors (Lipinski definition) is 2. The molecule has 23 heavy (non-hydrogen) atoms. The Labute approximate surface area is 133 Å². The highest BCUT2D eigenvalue weighted by atomic mass is 19.4. The first-order chi connectivity index (χ1) is 10.9. The van der Waals surface area contributed by atoms with Gasteiger partial charge in [-0.25, -0.2) is 4.98 Å². The van der Waals surface area contributed by atoms with Crippen molar-refractivity contribution in [3.63, 3.8) is 0 Å². The van der Waals surface area contributed by atoms with Crippen LogP contribution in [0, 0.1) is 18.8 Å². The number of rotatable bonds is 1. The summed E-state index contributed by atoms with van der Waals surface area (Å²) in [6.07, 6.45) is 1.41. The van der Waals surface area contributed by atoms with Crippen LogP contribution in [0.25, 0.3) is 0 Å².